The minimum atomic E-state index is -1.44. The first kappa shape index (κ1) is 38.7. The van der Waals surface area contributed by atoms with Crippen molar-refractivity contribution in [2.24, 2.45) is 52.3 Å². The molecule has 3 aliphatic heterocycles. The van der Waals surface area contributed by atoms with Crippen LogP contribution < -0.4 is 0 Å². The van der Waals surface area contributed by atoms with Gasteiger partial charge in [-0.1, -0.05) is 27.7 Å². The number of rotatable bonds is 9. The highest BCUT2D eigenvalue weighted by Crippen LogP contribution is 2.71. The molecule has 0 aromatic carbocycles. The SMILES string of the molecule is C[C@@H](CCC1(O)O[C@H]2C[C@H]3[C@@H]4CC[C@@H]5C[C@@H](O[C@@H]6O[C@H](CO)[C@H](O)[C@H](O)[C@H]6O)CC[C@]5(C)[C@H]4CC[C@]3(C)[C@H]2[C@@H]1C)CO[C@@H]1OC[C@H](O)[C@H](O)[C@H]1O. The van der Waals surface area contributed by atoms with E-state index in [1.54, 1.807) is 0 Å². The third kappa shape index (κ3) is 6.65. The van der Waals surface area contributed by atoms with Crippen molar-refractivity contribution in [2.45, 2.75) is 165 Å². The maximum Gasteiger partial charge on any atom is 0.186 e. The molecule has 13 nitrogen and oxygen atoms in total. The maximum atomic E-state index is 11.9. The minimum absolute atomic E-state index is 0.00997. The van der Waals surface area contributed by atoms with Gasteiger partial charge in [0, 0.05) is 12.3 Å². The summed E-state index contributed by atoms with van der Waals surface area (Å²) in [6.45, 7) is 8.84. The number of hydrogen-bond acceptors (Lipinski definition) is 13. The van der Waals surface area contributed by atoms with E-state index in [4.69, 9.17) is 23.7 Å². The highest BCUT2D eigenvalue weighted by molar-refractivity contribution is 5.15. The largest absolute Gasteiger partial charge is 0.394 e. The van der Waals surface area contributed by atoms with Crippen LogP contribution in [0.15, 0.2) is 0 Å². The van der Waals surface area contributed by atoms with Gasteiger partial charge in [-0.15, -0.1) is 0 Å². The molecule has 294 valence electrons. The number of ether oxygens (including phenoxy) is 5. The van der Waals surface area contributed by atoms with Crippen molar-refractivity contribution in [1.82, 2.24) is 0 Å². The monoisotopic (exact) mass is 728 g/mol. The number of aliphatic hydroxyl groups excluding tert-OH is 7. The van der Waals surface area contributed by atoms with Crippen molar-refractivity contribution in [3.63, 3.8) is 0 Å². The smallest absolute Gasteiger partial charge is 0.186 e. The van der Waals surface area contributed by atoms with E-state index in [0.29, 0.717) is 36.5 Å². The van der Waals surface area contributed by atoms with Crippen molar-refractivity contribution in [2.75, 3.05) is 19.8 Å². The molecule has 8 N–H and O–H groups in total. The van der Waals surface area contributed by atoms with Crippen LogP contribution in [-0.4, -0.2) is 134 Å². The second kappa shape index (κ2) is 14.5. The van der Waals surface area contributed by atoms with E-state index in [-0.39, 0.29) is 54.0 Å². The molecule has 4 saturated carbocycles. The van der Waals surface area contributed by atoms with Gasteiger partial charge in [-0.05, 0) is 104 Å². The summed E-state index contributed by atoms with van der Waals surface area (Å²) in [5, 5.41) is 82.4. The van der Waals surface area contributed by atoms with Crippen LogP contribution in [0.1, 0.15) is 91.9 Å². The molecule has 51 heavy (non-hydrogen) atoms. The van der Waals surface area contributed by atoms with Crippen molar-refractivity contribution in [1.29, 1.82) is 0 Å². The Morgan fingerprint density at radius 3 is 2.29 bits per heavy atom. The second-order valence-electron chi connectivity index (χ2n) is 18.2. The van der Waals surface area contributed by atoms with Crippen LogP contribution >= 0.6 is 0 Å². The first-order chi connectivity index (χ1) is 24.1. The lowest BCUT2D eigenvalue weighted by Gasteiger charge is -2.61. The molecule has 0 aromatic rings. The van der Waals surface area contributed by atoms with Crippen LogP contribution in [0.5, 0.6) is 0 Å². The zero-order valence-corrected chi connectivity index (χ0v) is 30.7. The molecule has 0 spiro atoms. The Kier molecular flexibility index (Phi) is 11.0. The number of fused-ring (bicyclic) bond motifs is 7. The number of aliphatic hydroxyl groups is 8. The van der Waals surface area contributed by atoms with Gasteiger partial charge in [0.1, 0.15) is 42.7 Å². The quantitative estimate of drug-likeness (QED) is 0.156. The topological polar surface area (TPSA) is 208 Å². The molecule has 13 heteroatoms. The van der Waals surface area contributed by atoms with E-state index in [9.17, 15) is 40.9 Å². The lowest BCUT2D eigenvalue weighted by atomic mass is 9.44. The van der Waals surface area contributed by atoms with Crippen LogP contribution in [0.25, 0.3) is 0 Å². The average Bonchev–Trinajstić information content (AvgIpc) is 3.54. The normalized spacial score (nSPS) is 56.1. The summed E-state index contributed by atoms with van der Waals surface area (Å²) in [6.07, 6.45) is -1.79. The van der Waals surface area contributed by atoms with Gasteiger partial charge in [-0.2, -0.15) is 0 Å². The molecule has 0 aromatic heterocycles. The zero-order chi connectivity index (χ0) is 36.6. The van der Waals surface area contributed by atoms with E-state index in [0.717, 1.165) is 51.4 Å². The predicted molar refractivity (Wildman–Crippen MR) is 180 cm³/mol. The van der Waals surface area contributed by atoms with Gasteiger partial charge in [-0.25, -0.2) is 0 Å². The van der Waals surface area contributed by atoms with Gasteiger partial charge < -0.3 is 64.5 Å². The molecule has 21 atom stereocenters. The molecule has 0 amide bonds. The Bertz CT molecular complexity index is 1210. The first-order valence-electron chi connectivity index (χ1n) is 19.7. The second-order valence-corrected chi connectivity index (χ2v) is 18.2. The molecule has 0 radical (unpaired) electrons. The molecule has 1 unspecified atom stereocenters. The molecule has 7 fully saturated rings. The van der Waals surface area contributed by atoms with Crippen molar-refractivity contribution >= 4 is 0 Å². The Balaban J connectivity index is 0.935. The molecular formula is C38H64O13. The highest BCUT2D eigenvalue weighted by atomic mass is 16.7. The summed E-state index contributed by atoms with van der Waals surface area (Å²) < 4.78 is 29.7. The van der Waals surface area contributed by atoms with Gasteiger partial charge >= 0.3 is 0 Å². The van der Waals surface area contributed by atoms with Crippen molar-refractivity contribution in [3.05, 3.63) is 0 Å². The average molecular weight is 729 g/mol. The summed E-state index contributed by atoms with van der Waals surface area (Å²) in [6, 6.07) is 0. The van der Waals surface area contributed by atoms with Crippen LogP contribution in [0.4, 0.5) is 0 Å². The molecule has 4 aliphatic carbocycles. The Morgan fingerprint density at radius 2 is 1.55 bits per heavy atom. The molecule has 3 heterocycles. The lowest BCUT2D eigenvalue weighted by molar-refractivity contribution is -0.316. The van der Waals surface area contributed by atoms with E-state index >= 15 is 0 Å². The highest BCUT2D eigenvalue weighted by Gasteiger charge is 2.68. The van der Waals surface area contributed by atoms with Crippen molar-refractivity contribution in [3.8, 4) is 0 Å². The third-order valence-electron chi connectivity index (χ3n) is 15.5. The minimum Gasteiger partial charge on any atom is -0.394 e. The summed E-state index contributed by atoms with van der Waals surface area (Å²) in [4.78, 5) is 0. The van der Waals surface area contributed by atoms with Crippen LogP contribution in [0.2, 0.25) is 0 Å². The Morgan fingerprint density at radius 1 is 0.824 bits per heavy atom. The van der Waals surface area contributed by atoms with Gasteiger partial charge in [0.15, 0.2) is 18.4 Å². The van der Waals surface area contributed by atoms with Crippen LogP contribution in [0, 0.1) is 52.3 Å². The third-order valence-corrected chi connectivity index (χ3v) is 15.5. The fourth-order valence-corrected chi connectivity index (χ4v) is 12.4. The summed E-state index contributed by atoms with van der Waals surface area (Å²) in [5.41, 5.74) is 0.274. The Hall–Kier alpha value is -0.520. The summed E-state index contributed by atoms with van der Waals surface area (Å²) >= 11 is 0. The molecular weight excluding hydrogens is 664 g/mol. The maximum absolute atomic E-state index is 11.9. The molecule has 7 aliphatic rings. The summed E-state index contributed by atoms with van der Waals surface area (Å²) in [7, 11) is 0. The number of hydrogen-bond donors (Lipinski definition) is 8. The van der Waals surface area contributed by atoms with E-state index in [1.165, 1.54) is 0 Å². The van der Waals surface area contributed by atoms with Gasteiger partial charge in [-0.3, -0.25) is 0 Å². The van der Waals surface area contributed by atoms with Crippen molar-refractivity contribution < 1.29 is 64.5 Å². The van der Waals surface area contributed by atoms with Gasteiger partial charge in [0.05, 0.1) is 32.0 Å². The van der Waals surface area contributed by atoms with E-state index in [2.05, 4.69) is 20.8 Å². The first-order valence-corrected chi connectivity index (χ1v) is 19.7. The molecule has 7 rings (SSSR count). The standard InChI is InChI=1S/C38H64O13/c1-18(16-47-34-32(44)29(41)25(40)17-48-34)7-12-38(46)19(2)28-26(51-38)14-24-22-6-5-20-13-21(8-10-36(20,3)23(22)9-11-37(24,28)4)49-35-33(45)31(43)30(42)27(15-39)50-35/h18-35,39-46H,5-17H2,1-4H3/t18-,19-,20+,21-,22+,23-,24-,25-,26-,27+,28-,29-,30-,31-,32+,33+,34+,35+,36-,37-,38?/m0/s1. The van der Waals surface area contributed by atoms with E-state index in [1.807, 2.05) is 6.92 Å². The Labute approximate surface area is 301 Å². The zero-order valence-electron chi connectivity index (χ0n) is 30.7. The van der Waals surface area contributed by atoms with Crippen LogP contribution in [-0.2, 0) is 23.7 Å². The lowest BCUT2D eigenvalue weighted by Crippen LogP contribution is -2.60. The summed E-state index contributed by atoms with van der Waals surface area (Å²) in [5.74, 6) is 1.35. The predicted octanol–water partition coefficient (Wildman–Crippen LogP) is 1.04. The van der Waals surface area contributed by atoms with Gasteiger partial charge in [0.2, 0.25) is 0 Å². The van der Waals surface area contributed by atoms with E-state index < -0.39 is 67.7 Å². The van der Waals surface area contributed by atoms with Crippen LogP contribution in [0.3, 0.4) is 0 Å². The fourth-order valence-electron chi connectivity index (χ4n) is 12.4. The fraction of sp³-hybridized carbons (Fsp3) is 1.00. The van der Waals surface area contributed by atoms with Gasteiger partial charge in [0.25, 0.3) is 0 Å². The molecule has 0 bridgehead atoms. The molecule has 3 saturated heterocycles.